The van der Waals surface area contributed by atoms with Crippen molar-refractivity contribution in [3.63, 3.8) is 0 Å². The van der Waals surface area contributed by atoms with E-state index in [1.165, 1.54) is 6.42 Å². The van der Waals surface area contributed by atoms with Gasteiger partial charge in [-0.1, -0.05) is 13.3 Å². The highest BCUT2D eigenvalue weighted by Crippen LogP contribution is 2.39. The van der Waals surface area contributed by atoms with Crippen LogP contribution >= 0.6 is 0 Å². The number of rotatable bonds is 4. The van der Waals surface area contributed by atoms with Crippen molar-refractivity contribution < 1.29 is 8.42 Å². The Morgan fingerprint density at radius 1 is 1.38 bits per heavy atom. The van der Waals surface area contributed by atoms with Crippen molar-refractivity contribution in [3.05, 3.63) is 0 Å². The van der Waals surface area contributed by atoms with E-state index in [0.717, 1.165) is 12.8 Å². The van der Waals surface area contributed by atoms with E-state index < -0.39 is 10.0 Å². The van der Waals surface area contributed by atoms with E-state index in [0.29, 0.717) is 6.54 Å². The van der Waals surface area contributed by atoms with Gasteiger partial charge in [0.05, 0.1) is 5.25 Å². The molecule has 0 unspecified atom stereocenters. The molecule has 0 aromatic heterocycles. The summed E-state index contributed by atoms with van der Waals surface area (Å²) in [6.07, 6.45) is 3.53. The molecule has 0 aromatic rings. The van der Waals surface area contributed by atoms with Crippen molar-refractivity contribution in [2.24, 2.45) is 5.41 Å². The van der Waals surface area contributed by atoms with Crippen LogP contribution in [0.5, 0.6) is 0 Å². The molecule has 13 heavy (non-hydrogen) atoms. The standard InChI is InChI=1S/C9H19NO2S/c1-8(2)13(11,12)10-7-9(3)5-4-6-9/h8,10H,4-7H2,1-3H3. The summed E-state index contributed by atoms with van der Waals surface area (Å²) in [5, 5.41) is -0.323. The van der Waals surface area contributed by atoms with Crippen molar-refractivity contribution in [1.29, 1.82) is 0 Å². The summed E-state index contributed by atoms with van der Waals surface area (Å²) in [6, 6.07) is 0. The van der Waals surface area contributed by atoms with Gasteiger partial charge in [-0.25, -0.2) is 13.1 Å². The summed E-state index contributed by atoms with van der Waals surface area (Å²) >= 11 is 0. The maximum Gasteiger partial charge on any atom is 0.213 e. The summed E-state index contributed by atoms with van der Waals surface area (Å²) < 4.78 is 25.5. The molecule has 3 nitrogen and oxygen atoms in total. The van der Waals surface area contributed by atoms with Crippen molar-refractivity contribution >= 4 is 10.0 Å². The van der Waals surface area contributed by atoms with Crippen LogP contribution < -0.4 is 4.72 Å². The summed E-state index contributed by atoms with van der Waals surface area (Å²) in [7, 11) is -3.06. The number of sulfonamides is 1. The average molecular weight is 205 g/mol. The molecule has 0 spiro atoms. The first-order valence-electron chi connectivity index (χ1n) is 4.84. The molecule has 0 aliphatic heterocycles. The first-order chi connectivity index (χ1) is 5.86. The Hall–Kier alpha value is -0.0900. The molecule has 0 bridgehead atoms. The Morgan fingerprint density at radius 3 is 2.23 bits per heavy atom. The second-order valence-electron chi connectivity index (χ2n) is 4.58. The van der Waals surface area contributed by atoms with Crippen molar-refractivity contribution in [2.45, 2.75) is 45.3 Å². The van der Waals surface area contributed by atoms with E-state index in [-0.39, 0.29) is 10.7 Å². The Labute approximate surface area is 81.0 Å². The smallest absolute Gasteiger partial charge is 0.213 e. The summed E-state index contributed by atoms with van der Waals surface area (Å²) in [4.78, 5) is 0. The van der Waals surface area contributed by atoms with Gasteiger partial charge in [0.25, 0.3) is 0 Å². The van der Waals surface area contributed by atoms with Crippen LogP contribution in [0.25, 0.3) is 0 Å². The lowest BCUT2D eigenvalue weighted by Gasteiger charge is -2.38. The van der Waals surface area contributed by atoms with Gasteiger partial charge in [0, 0.05) is 6.54 Å². The summed E-state index contributed by atoms with van der Waals surface area (Å²) in [6.45, 7) is 6.14. The van der Waals surface area contributed by atoms with Gasteiger partial charge in [0.1, 0.15) is 0 Å². The quantitative estimate of drug-likeness (QED) is 0.756. The fourth-order valence-electron chi connectivity index (χ4n) is 1.40. The zero-order valence-electron chi connectivity index (χ0n) is 8.63. The molecule has 1 N–H and O–H groups in total. The molecule has 1 saturated carbocycles. The van der Waals surface area contributed by atoms with Gasteiger partial charge in [-0.2, -0.15) is 0 Å². The molecule has 0 atom stereocenters. The third-order valence-corrected chi connectivity index (χ3v) is 4.67. The highest BCUT2D eigenvalue weighted by molar-refractivity contribution is 7.90. The Balaban J connectivity index is 2.42. The topological polar surface area (TPSA) is 46.2 Å². The molecular weight excluding hydrogens is 186 g/mol. The normalized spacial score (nSPS) is 21.5. The molecule has 1 aliphatic rings. The molecule has 1 fully saturated rings. The van der Waals surface area contributed by atoms with E-state index >= 15 is 0 Å². The van der Waals surface area contributed by atoms with Crippen molar-refractivity contribution in [3.8, 4) is 0 Å². The Kier molecular flexibility index (Phi) is 3.02. The fraction of sp³-hybridized carbons (Fsp3) is 1.00. The molecule has 0 amide bonds. The lowest BCUT2D eigenvalue weighted by Crippen LogP contribution is -2.42. The Bertz CT molecular complexity index is 265. The minimum absolute atomic E-state index is 0.224. The lowest BCUT2D eigenvalue weighted by molar-refractivity contribution is 0.166. The molecule has 4 heteroatoms. The molecule has 78 valence electrons. The Morgan fingerprint density at radius 2 is 1.92 bits per heavy atom. The van der Waals surface area contributed by atoms with Crippen LogP contribution in [0, 0.1) is 5.41 Å². The van der Waals surface area contributed by atoms with Crippen LogP contribution in [-0.4, -0.2) is 20.2 Å². The van der Waals surface area contributed by atoms with Gasteiger partial charge in [-0.05, 0) is 32.1 Å². The van der Waals surface area contributed by atoms with Crippen molar-refractivity contribution in [1.82, 2.24) is 4.72 Å². The summed E-state index contributed by atoms with van der Waals surface area (Å²) in [5.74, 6) is 0. The molecule has 0 radical (unpaired) electrons. The SMILES string of the molecule is CC(C)S(=O)(=O)NCC1(C)CCC1. The molecule has 1 aliphatic carbocycles. The van der Waals surface area contributed by atoms with Gasteiger partial charge in [0.2, 0.25) is 10.0 Å². The van der Waals surface area contributed by atoms with Crippen LogP contribution in [0.1, 0.15) is 40.0 Å². The highest BCUT2D eigenvalue weighted by Gasteiger charge is 2.33. The van der Waals surface area contributed by atoms with E-state index in [9.17, 15) is 8.42 Å². The summed E-state index contributed by atoms with van der Waals surface area (Å²) in [5.41, 5.74) is 0.224. The maximum atomic E-state index is 11.4. The van der Waals surface area contributed by atoms with E-state index in [1.54, 1.807) is 13.8 Å². The lowest BCUT2D eigenvalue weighted by atomic mass is 9.71. The van der Waals surface area contributed by atoms with Gasteiger partial charge >= 0.3 is 0 Å². The van der Waals surface area contributed by atoms with Crippen molar-refractivity contribution in [2.75, 3.05) is 6.54 Å². The van der Waals surface area contributed by atoms with E-state index in [1.807, 2.05) is 0 Å². The van der Waals surface area contributed by atoms with E-state index in [4.69, 9.17) is 0 Å². The first kappa shape index (κ1) is 11.0. The van der Waals surface area contributed by atoms with Gasteiger partial charge in [0.15, 0.2) is 0 Å². The monoisotopic (exact) mass is 205 g/mol. The van der Waals surface area contributed by atoms with Gasteiger partial charge in [-0.15, -0.1) is 0 Å². The number of hydrogen-bond acceptors (Lipinski definition) is 2. The molecule has 0 saturated heterocycles. The predicted molar refractivity (Wildman–Crippen MR) is 54.0 cm³/mol. The molecule has 0 heterocycles. The predicted octanol–water partition coefficient (Wildman–Crippen LogP) is 1.50. The zero-order chi connectivity index (χ0) is 10.1. The first-order valence-corrected chi connectivity index (χ1v) is 6.39. The third kappa shape index (κ3) is 2.68. The van der Waals surface area contributed by atoms with Gasteiger partial charge in [-0.3, -0.25) is 0 Å². The van der Waals surface area contributed by atoms with Crippen LogP contribution in [0.3, 0.4) is 0 Å². The van der Waals surface area contributed by atoms with Crippen LogP contribution in [0.15, 0.2) is 0 Å². The molecular formula is C9H19NO2S. The number of hydrogen-bond donors (Lipinski definition) is 1. The fourth-order valence-corrected chi connectivity index (χ4v) is 2.28. The van der Waals surface area contributed by atoms with Crippen LogP contribution in [-0.2, 0) is 10.0 Å². The molecule has 0 aromatic carbocycles. The largest absolute Gasteiger partial charge is 0.214 e. The second-order valence-corrected chi connectivity index (χ2v) is 6.90. The minimum Gasteiger partial charge on any atom is -0.214 e. The van der Waals surface area contributed by atoms with E-state index in [2.05, 4.69) is 11.6 Å². The maximum absolute atomic E-state index is 11.4. The third-order valence-electron chi connectivity index (χ3n) is 2.88. The van der Waals surface area contributed by atoms with Gasteiger partial charge < -0.3 is 0 Å². The highest BCUT2D eigenvalue weighted by atomic mass is 32.2. The number of nitrogens with one attached hydrogen (secondary N) is 1. The second kappa shape index (κ2) is 3.58. The average Bonchev–Trinajstić information content (AvgIpc) is 1.97. The molecule has 1 rings (SSSR count). The zero-order valence-corrected chi connectivity index (χ0v) is 9.45. The minimum atomic E-state index is -3.06. The van der Waals surface area contributed by atoms with Crippen LogP contribution in [0.4, 0.5) is 0 Å². The van der Waals surface area contributed by atoms with Crippen LogP contribution in [0.2, 0.25) is 0 Å².